The van der Waals surface area contributed by atoms with E-state index in [0.29, 0.717) is 50.5 Å². The van der Waals surface area contributed by atoms with Crippen molar-refractivity contribution in [1.82, 2.24) is 14.9 Å². The average Bonchev–Trinajstić information content (AvgIpc) is 3.62. The minimum atomic E-state index is -0.924. The maximum atomic E-state index is 16.8. The minimum Gasteiger partial charge on any atom is -0.461 e. The van der Waals surface area contributed by atoms with E-state index in [-0.39, 0.29) is 54.9 Å². The Balaban J connectivity index is 1.39. The number of alkyl halides is 1. The molecule has 0 radical (unpaired) electrons. The summed E-state index contributed by atoms with van der Waals surface area (Å²) in [5.74, 6) is -0.863. The van der Waals surface area contributed by atoms with E-state index in [9.17, 15) is 14.0 Å². The second-order valence-electron chi connectivity index (χ2n) is 11.7. The van der Waals surface area contributed by atoms with Crippen LogP contribution in [-0.2, 0) is 4.74 Å². The van der Waals surface area contributed by atoms with Crippen molar-refractivity contribution >= 4 is 54.7 Å². The summed E-state index contributed by atoms with van der Waals surface area (Å²) >= 11 is 7.73. The van der Waals surface area contributed by atoms with Crippen LogP contribution in [0.5, 0.6) is 6.01 Å². The van der Waals surface area contributed by atoms with Crippen LogP contribution in [0, 0.1) is 23.0 Å². The van der Waals surface area contributed by atoms with E-state index < -0.39 is 23.3 Å². The summed E-state index contributed by atoms with van der Waals surface area (Å²) in [6.45, 7) is 3.69. The molecule has 7 rings (SSSR count). The fourth-order valence-electron chi connectivity index (χ4n) is 6.98. The number of nitrogens with two attached hydrogens (primary N) is 1. The number of halogens is 4. The van der Waals surface area contributed by atoms with Gasteiger partial charge in [0.2, 0.25) is 0 Å². The molecule has 4 aromatic rings. The number of nitriles is 1. The van der Waals surface area contributed by atoms with E-state index in [1.807, 2.05) is 11.0 Å². The zero-order valence-electron chi connectivity index (χ0n) is 23.8. The number of aromatic nitrogens is 2. The first kappa shape index (κ1) is 29.3. The monoisotopic (exact) mass is 642 g/mol. The Bertz CT molecular complexity index is 1810. The highest BCUT2D eigenvalue weighted by Gasteiger charge is 2.49. The summed E-state index contributed by atoms with van der Waals surface area (Å²) in [4.78, 5) is 13.4. The molecule has 3 aliphatic heterocycles. The number of fused-ring (bicyclic) bond motifs is 3. The minimum absolute atomic E-state index is 0.0204. The van der Waals surface area contributed by atoms with Crippen molar-refractivity contribution in [2.75, 3.05) is 56.6 Å². The number of thiophene rings is 1. The number of hydrogen-bond acceptors (Lipinski definition) is 9. The van der Waals surface area contributed by atoms with Gasteiger partial charge in [-0.2, -0.15) is 15.2 Å². The van der Waals surface area contributed by atoms with E-state index in [4.69, 9.17) is 31.8 Å². The molecule has 0 bridgehead atoms. The van der Waals surface area contributed by atoms with E-state index in [1.54, 1.807) is 6.07 Å². The van der Waals surface area contributed by atoms with E-state index >= 15 is 4.39 Å². The number of ether oxygens (including phenoxy) is 2. The molecule has 0 spiro atoms. The topological polar surface area (TPSA) is 101 Å². The highest BCUT2D eigenvalue weighted by atomic mass is 35.5. The fraction of sp³-hybridized carbons (Fsp3) is 0.452. The predicted molar refractivity (Wildman–Crippen MR) is 165 cm³/mol. The van der Waals surface area contributed by atoms with Crippen LogP contribution in [0.1, 0.15) is 37.7 Å². The lowest BCUT2D eigenvalue weighted by Crippen LogP contribution is -2.43. The van der Waals surface area contributed by atoms with Crippen molar-refractivity contribution in [2.45, 2.75) is 43.8 Å². The van der Waals surface area contributed by atoms with Crippen molar-refractivity contribution in [3.8, 4) is 23.2 Å². The molecule has 3 saturated heterocycles. The van der Waals surface area contributed by atoms with Crippen molar-refractivity contribution < 1.29 is 22.6 Å². The molecule has 0 saturated carbocycles. The number of nitrogen functional groups attached to an aromatic ring is 1. The van der Waals surface area contributed by atoms with Crippen molar-refractivity contribution in [2.24, 2.45) is 0 Å². The molecule has 2 aromatic carbocycles. The van der Waals surface area contributed by atoms with Gasteiger partial charge in [-0.15, -0.1) is 11.3 Å². The molecule has 0 aliphatic carbocycles. The van der Waals surface area contributed by atoms with Crippen LogP contribution in [0.4, 0.5) is 24.0 Å². The molecule has 8 nitrogen and oxygen atoms in total. The number of benzene rings is 2. The summed E-state index contributed by atoms with van der Waals surface area (Å²) in [5.41, 5.74) is 5.85. The zero-order chi connectivity index (χ0) is 30.6. The molecular weight excluding hydrogens is 613 g/mol. The van der Waals surface area contributed by atoms with E-state index in [0.717, 1.165) is 43.6 Å². The number of nitrogens with zero attached hydrogens (tertiary/aromatic N) is 5. The Morgan fingerprint density at radius 3 is 2.89 bits per heavy atom. The van der Waals surface area contributed by atoms with Gasteiger partial charge in [0, 0.05) is 49.0 Å². The molecule has 0 unspecified atom stereocenters. The second-order valence-corrected chi connectivity index (χ2v) is 13.2. The Hall–Kier alpha value is -3.37. The highest BCUT2D eigenvalue weighted by molar-refractivity contribution is 7.23. The second kappa shape index (κ2) is 11.5. The smallest absolute Gasteiger partial charge is 0.319 e. The van der Waals surface area contributed by atoms with Crippen LogP contribution >= 0.6 is 22.9 Å². The number of rotatable bonds is 5. The molecule has 2 N–H and O–H groups in total. The normalized spacial score (nSPS) is 22.7. The van der Waals surface area contributed by atoms with Crippen LogP contribution in [-0.4, -0.2) is 72.6 Å². The van der Waals surface area contributed by atoms with Crippen LogP contribution in [0.15, 0.2) is 18.2 Å². The van der Waals surface area contributed by atoms with Gasteiger partial charge in [-0.3, -0.25) is 4.90 Å². The SMILES string of the molecule is N#Cc1c(N)sc2c(F)ccc(-c3c(Cl)cc4c(N5CCCCOCC5)nc(OC[C@@]56CCCN5C[C@H](F)C6)nc4c3F)c12. The summed E-state index contributed by atoms with van der Waals surface area (Å²) in [5, 5.41) is 10.6. The molecule has 13 heteroatoms. The van der Waals surface area contributed by atoms with Crippen LogP contribution < -0.4 is 15.4 Å². The van der Waals surface area contributed by atoms with Crippen LogP contribution in [0.3, 0.4) is 0 Å². The van der Waals surface area contributed by atoms with Gasteiger partial charge < -0.3 is 20.1 Å². The first-order valence-corrected chi connectivity index (χ1v) is 15.9. The molecule has 2 aromatic heterocycles. The molecule has 44 heavy (non-hydrogen) atoms. The van der Waals surface area contributed by atoms with Crippen LogP contribution in [0.2, 0.25) is 5.02 Å². The molecule has 2 atom stereocenters. The Labute approximate surface area is 261 Å². The molecule has 3 aliphatic rings. The summed E-state index contributed by atoms with van der Waals surface area (Å²) in [6, 6.07) is 6.22. The predicted octanol–water partition coefficient (Wildman–Crippen LogP) is 6.47. The molecule has 3 fully saturated rings. The molecule has 0 amide bonds. The van der Waals surface area contributed by atoms with Gasteiger partial charge in [0.15, 0.2) is 5.82 Å². The van der Waals surface area contributed by atoms with Gasteiger partial charge >= 0.3 is 6.01 Å². The van der Waals surface area contributed by atoms with Gasteiger partial charge in [0.05, 0.1) is 27.4 Å². The Morgan fingerprint density at radius 2 is 2.05 bits per heavy atom. The van der Waals surface area contributed by atoms with E-state index in [2.05, 4.69) is 9.88 Å². The third-order valence-corrected chi connectivity index (χ3v) is 10.4. The van der Waals surface area contributed by atoms with Gasteiger partial charge in [-0.25, -0.2) is 13.2 Å². The van der Waals surface area contributed by atoms with Crippen molar-refractivity contribution in [1.29, 1.82) is 5.26 Å². The zero-order valence-corrected chi connectivity index (χ0v) is 25.4. The van der Waals surface area contributed by atoms with Gasteiger partial charge in [-0.05, 0) is 49.9 Å². The molecule has 230 valence electrons. The maximum absolute atomic E-state index is 16.8. The van der Waals surface area contributed by atoms with E-state index in [1.165, 1.54) is 12.1 Å². The third-order valence-electron chi connectivity index (χ3n) is 9.04. The van der Waals surface area contributed by atoms with Crippen molar-refractivity contribution in [3.63, 3.8) is 0 Å². The highest BCUT2D eigenvalue weighted by Crippen LogP contribution is 2.46. The third kappa shape index (κ3) is 4.90. The van der Waals surface area contributed by atoms with Crippen LogP contribution in [0.25, 0.3) is 32.1 Å². The lowest BCUT2D eigenvalue weighted by atomic mass is 9.95. The lowest BCUT2D eigenvalue weighted by molar-refractivity contribution is 0.107. The van der Waals surface area contributed by atoms with Gasteiger partial charge in [-0.1, -0.05) is 17.7 Å². The summed E-state index contributed by atoms with van der Waals surface area (Å²) in [7, 11) is 0. The van der Waals surface area contributed by atoms with Crippen molar-refractivity contribution in [3.05, 3.63) is 40.4 Å². The molecule has 5 heterocycles. The summed E-state index contributed by atoms with van der Waals surface area (Å²) < 4.78 is 58.1. The Kier molecular flexibility index (Phi) is 7.69. The standard InChI is InChI=1S/C31H30ClF3N6O2S/c32-21-12-19-26(25(35)24(21)18-4-5-22(34)27-23(18)20(14-36)28(37)44-27)38-30(39-29(19)40-7-1-2-10-42-11-9-40)43-16-31-6-3-8-41(31)15-17(33)13-31/h4-5,12,17H,1-3,6-11,13,15-16,37H2/t17-,31+/m1/s1. The number of hydrogen-bond donors (Lipinski definition) is 1. The number of anilines is 2. The lowest BCUT2D eigenvalue weighted by Gasteiger charge is -2.31. The Morgan fingerprint density at radius 1 is 1.18 bits per heavy atom. The maximum Gasteiger partial charge on any atom is 0.319 e. The summed E-state index contributed by atoms with van der Waals surface area (Å²) in [6.07, 6.45) is 2.92. The largest absolute Gasteiger partial charge is 0.461 e. The average molecular weight is 643 g/mol. The van der Waals surface area contributed by atoms with Gasteiger partial charge in [0.1, 0.15) is 41.0 Å². The first-order chi connectivity index (χ1) is 21.3. The fourth-order valence-corrected chi connectivity index (χ4v) is 8.22. The molecular formula is C31H30ClF3N6O2S. The van der Waals surface area contributed by atoms with Gasteiger partial charge in [0.25, 0.3) is 0 Å². The quantitative estimate of drug-likeness (QED) is 0.264. The first-order valence-electron chi connectivity index (χ1n) is 14.7.